The molecule has 1 unspecified atom stereocenters. The van der Waals surface area contributed by atoms with Crippen molar-refractivity contribution in [2.75, 3.05) is 38.0 Å². The van der Waals surface area contributed by atoms with Gasteiger partial charge in [0.15, 0.2) is 0 Å². The molecule has 1 aromatic heterocycles. The Morgan fingerprint density at radius 2 is 1.54 bits per heavy atom. The van der Waals surface area contributed by atoms with Gasteiger partial charge in [-0.2, -0.15) is 0 Å². The molecule has 41 heavy (non-hydrogen) atoms. The lowest BCUT2D eigenvalue weighted by molar-refractivity contribution is -0.121. The SMILES string of the molecule is CCCCCCCCCCCCCCCC(=O)NCCCOc1cccc2nc(N)c(N)c(C(C)NCOCC)c12. The normalized spacial score (nSPS) is 12.1. The molecule has 0 bridgehead atoms. The van der Waals surface area contributed by atoms with E-state index in [1.54, 1.807) is 0 Å². The van der Waals surface area contributed by atoms with Crippen molar-refractivity contribution in [2.24, 2.45) is 0 Å². The number of nitrogens with zero attached hydrogens (tertiary/aromatic N) is 1. The fraction of sp³-hybridized carbons (Fsp3) is 0.697. The zero-order chi connectivity index (χ0) is 29.7. The molecule has 1 heterocycles. The van der Waals surface area contributed by atoms with E-state index in [1.807, 2.05) is 32.0 Å². The summed E-state index contributed by atoms with van der Waals surface area (Å²) >= 11 is 0. The molecule has 0 aliphatic carbocycles. The summed E-state index contributed by atoms with van der Waals surface area (Å²) in [7, 11) is 0. The van der Waals surface area contributed by atoms with Crippen molar-refractivity contribution in [1.29, 1.82) is 0 Å². The molecule has 2 rings (SSSR count). The maximum Gasteiger partial charge on any atom is 0.219 e. The molecule has 6 N–H and O–H groups in total. The smallest absolute Gasteiger partial charge is 0.219 e. The molecule has 1 atom stereocenters. The van der Waals surface area contributed by atoms with Crippen LogP contribution in [-0.2, 0) is 9.53 Å². The molecule has 0 saturated heterocycles. The fourth-order valence-corrected chi connectivity index (χ4v) is 5.18. The summed E-state index contributed by atoms with van der Waals surface area (Å²) < 4.78 is 11.6. The quantitative estimate of drug-likeness (QED) is 0.0763. The van der Waals surface area contributed by atoms with Crippen molar-refractivity contribution in [2.45, 2.75) is 123 Å². The number of carbonyl (C=O) groups excluding carboxylic acids is 1. The average Bonchev–Trinajstić information content (AvgIpc) is 2.96. The van der Waals surface area contributed by atoms with Gasteiger partial charge in [-0.1, -0.05) is 90.0 Å². The number of unbranched alkanes of at least 4 members (excludes halogenated alkanes) is 12. The average molecular weight is 572 g/mol. The van der Waals surface area contributed by atoms with Crippen molar-refractivity contribution in [3.63, 3.8) is 0 Å². The Morgan fingerprint density at radius 1 is 0.902 bits per heavy atom. The number of aromatic nitrogens is 1. The largest absolute Gasteiger partial charge is 0.493 e. The number of nitrogen functional groups attached to an aromatic ring is 2. The van der Waals surface area contributed by atoms with Crippen LogP contribution in [0.5, 0.6) is 5.75 Å². The molecule has 0 fully saturated rings. The highest BCUT2D eigenvalue weighted by Crippen LogP contribution is 2.37. The topological polar surface area (TPSA) is 125 Å². The Labute approximate surface area is 248 Å². The number of hydrogen-bond donors (Lipinski definition) is 4. The second kappa shape index (κ2) is 21.2. The Morgan fingerprint density at radius 3 is 2.17 bits per heavy atom. The standard InChI is InChI=1S/C33H57N5O3/c1-4-6-7-8-9-10-11-12-13-14-15-16-17-22-29(39)36-23-19-24-41-28-21-18-20-27-31(28)30(32(34)33(35)38-27)26(3)37-25-40-5-2/h18,20-21,26,37H,4-17,19,22-25,34H2,1-3H3,(H2,35,38)(H,36,39). The predicted molar refractivity (Wildman–Crippen MR) is 172 cm³/mol. The van der Waals surface area contributed by atoms with Gasteiger partial charge in [0.25, 0.3) is 0 Å². The first kappa shape index (κ1) is 34.6. The van der Waals surface area contributed by atoms with Crippen LogP contribution in [0, 0.1) is 0 Å². The van der Waals surface area contributed by atoms with Crippen LogP contribution in [0.2, 0.25) is 0 Å². The zero-order valence-corrected chi connectivity index (χ0v) is 26.1. The highest BCUT2D eigenvalue weighted by Gasteiger charge is 2.20. The summed E-state index contributed by atoms with van der Waals surface area (Å²) in [6.45, 7) is 8.34. The van der Waals surface area contributed by atoms with E-state index >= 15 is 0 Å². The Kier molecular flexibility index (Phi) is 17.9. The monoisotopic (exact) mass is 571 g/mol. The second-order valence-electron chi connectivity index (χ2n) is 11.1. The molecule has 2 aromatic rings. The molecule has 0 spiro atoms. The van der Waals surface area contributed by atoms with E-state index in [0.717, 1.165) is 29.3 Å². The van der Waals surface area contributed by atoms with Gasteiger partial charge in [-0.15, -0.1) is 0 Å². The van der Waals surface area contributed by atoms with Gasteiger partial charge in [0.2, 0.25) is 5.91 Å². The number of pyridine rings is 1. The van der Waals surface area contributed by atoms with Crippen molar-refractivity contribution in [1.82, 2.24) is 15.6 Å². The molecule has 0 saturated carbocycles. The first-order valence-corrected chi connectivity index (χ1v) is 16.2. The van der Waals surface area contributed by atoms with E-state index in [0.29, 0.717) is 56.6 Å². The minimum absolute atomic E-state index is 0.108. The zero-order valence-electron chi connectivity index (χ0n) is 26.1. The Bertz CT molecular complexity index is 1000. The van der Waals surface area contributed by atoms with E-state index in [4.69, 9.17) is 20.9 Å². The third kappa shape index (κ3) is 13.3. The summed E-state index contributed by atoms with van der Waals surface area (Å²) in [6, 6.07) is 5.63. The van der Waals surface area contributed by atoms with Crippen LogP contribution in [0.15, 0.2) is 18.2 Å². The molecule has 232 valence electrons. The number of amides is 1. The van der Waals surface area contributed by atoms with Crippen molar-refractivity contribution < 1.29 is 14.3 Å². The molecule has 0 radical (unpaired) electrons. The van der Waals surface area contributed by atoms with Crippen LogP contribution < -0.4 is 26.8 Å². The van der Waals surface area contributed by atoms with Gasteiger partial charge in [0.1, 0.15) is 11.6 Å². The molecular formula is C33H57N5O3. The Balaban J connectivity index is 1.64. The second-order valence-corrected chi connectivity index (χ2v) is 11.1. The Hall–Kier alpha value is -2.58. The van der Waals surface area contributed by atoms with E-state index in [-0.39, 0.29) is 11.9 Å². The van der Waals surface area contributed by atoms with Crippen LogP contribution in [0.4, 0.5) is 11.5 Å². The molecule has 1 amide bonds. The number of fused-ring (bicyclic) bond motifs is 1. The first-order chi connectivity index (χ1) is 20.0. The van der Waals surface area contributed by atoms with Crippen molar-refractivity contribution >= 4 is 28.3 Å². The number of anilines is 2. The van der Waals surface area contributed by atoms with Crippen LogP contribution in [0.1, 0.15) is 129 Å². The number of nitrogens with one attached hydrogen (secondary N) is 2. The molecule has 0 aliphatic rings. The third-order valence-corrected chi connectivity index (χ3v) is 7.62. The van der Waals surface area contributed by atoms with Gasteiger partial charge in [-0.3, -0.25) is 10.1 Å². The van der Waals surface area contributed by atoms with E-state index in [2.05, 4.69) is 22.5 Å². The highest BCUT2D eigenvalue weighted by atomic mass is 16.5. The van der Waals surface area contributed by atoms with Gasteiger partial charge in [0.05, 0.1) is 24.5 Å². The minimum Gasteiger partial charge on any atom is -0.493 e. The van der Waals surface area contributed by atoms with E-state index < -0.39 is 0 Å². The van der Waals surface area contributed by atoms with Crippen molar-refractivity contribution in [3.05, 3.63) is 23.8 Å². The molecule has 8 heteroatoms. The first-order valence-electron chi connectivity index (χ1n) is 16.2. The number of rotatable bonds is 24. The summed E-state index contributed by atoms with van der Waals surface area (Å²) in [5, 5.41) is 7.21. The summed E-state index contributed by atoms with van der Waals surface area (Å²) in [5.74, 6) is 1.14. The van der Waals surface area contributed by atoms with Gasteiger partial charge >= 0.3 is 0 Å². The maximum absolute atomic E-state index is 12.2. The molecular weight excluding hydrogens is 514 g/mol. The molecule has 0 aliphatic heterocycles. The minimum atomic E-state index is -0.108. The van der Waals surface area contributed by atoms with Crippen LogP contribution in [0.25, 0.3) is 10.9 Å². The lowest BCUT2D eigenvalue weighted by atomic mass is 10.00. The van der Waals surface area contributed by atoms with Crippen LogP contribution in [-0.4, -0.2) is 37.4 Å². The van der Waals surface area contributed by atoms with Gasteiger partial charge < -0.3 is 26.3 Å². The number of benzene rings is 1. The summed E-state index contributed by atoms with van der Waals surface area (Å²) in [6.07, 6.45) is 18.3. The van der Waals surface area contributed by atoms with Crippen LogP contribution in [0.3, 0.4) is 0 Å². The lowest BCUT2D eigenvalue weighted by Crippen LogP contribution is -2.25. The fourth-order valence-electron chi connectivity index (χ4n) is 5.18. The number of hydrogen-bond acceptors (Lipinski definition) is 7. The number of carbonyl (C=O) groups is 1. The van der Waals surface area contributed by atoms with Gasteiger partial charge in [-0.25, -0.2) is 4.98 Å². The van der Waals surface area contributed by atoms with Gasteiger partial charge in [-0.05, 0) is 38.8 Å². The summed E-state index contributed by atoms with van der Waals surface area (Å²) in [4.78, 5) is 16.7. The predicted octanol–water partition coefficient (Wildman–Crippen LogP) is 7.41. The lowest BCUT2D eigenvalue weighted by Gasteiger charge is -2.21. The maximum atomic E-state index is 12.2. The summed E-state index contributed by atoms with van der Waals surface area (Å²) in [5.41, 5.74) is 14.5. The number of nitrogens with two attached hydrogens (primary N) is 2. The van der Waals surface area contributed by atoms with Gasteiger partial charge in [0, 0.05) is 36.6 Å². The highest BCUT2D eigenvalue weighted by molar-refractivity contribution is 5.95. The van der Waals surface area contributed by atoms with E-state index in [9.17, 15) is 4.79 Å². The van der Waals surface area contributed by atoms with E-state index in [1.165, 1.54) is 70.6 Å². The number of ether oxygens (including phenoxy) is 2. The molecule has 1 aromatic carbocycles. The third-order valence-electron chi connectivity index (χ3n) is 7.62. The van der Waals surface area contributed by atoms with Crippen molar-refractivity contribution in [3.8, 4) is 5.75 Å². The van der Waals surface area contributed by atoms with Crippen LogP contribution >= 0.6 is 0 Å². The molecule has 8 nitrogen and oxygen atoms in total.